The van der Waals surface area contributed by atoms with Crippen LogP contribution in [0.3, 0.4) is 0 Å². The van der Waals surface area contributed by atoms with Gasteiger partial charge < -0.3 is 9.84 Å². The fourth-order valence-corrected chi connectivity index (χ4v) is 8.60. The number of ether oxygens (including phenoxy) is 1. The largest absolute Gasteiger partial charge is 0.507 e. The molecule has 8 aromatic rings. The molecule has 7 heteroatoms. The van der Waals surface area contributed by atoms with Crippen molar-refractivity contribution in [2.24, 2.45) is 0 Å². The summed E-state index contributed by atoms with van der Waals surface area (Å²) in [5.41, 5.74) is 10.1. The summed E-state index contributed by atoms with van der Waals surface area (Å²) in [4.78, 5) is 10.3. The third-order valence-corrected chi connectivity index (χ3v) is 12.4. The first-order chi connectivity index (χ1) is 25.5. The van der Waals surface area contributed by atoms with E-state index < -0.39 is 8.07 Å². The van der Waals surface area contributed by atoms with Gasteiger partial charge in [-0.05, 0) is 58.3 Å². The summed E-state index contributed by atoms with van der Waals surface area (Å²) >= 11 is 0. The molecule has 0 unspecified atom stereocenters. The molecule has 0 bridgehead atoms. The Balaban J connectivity index is 0.00000413. The Kier molecular flexibility index (Phi) is 8.75. The van der Waals surface area contributed by atoms with Gasteiger partial charge in [-0.1, -0.05) is 136 Å². The topological polar surface area (TPSA) is 60.2 Å². The molecule has 0 radical (unpaired) electrons. The van der Waals surface area contributed by atoms with E-state index in [-0.39, 0.29) is 32.2 Å². The number of imidazole rings is 1. The maximum atomic E-state index is 11.5. The molecule has 9 rings (SSSR count). The van der Waals surface area contributed by atoms with Gasteiger partial charge in [0.1, 0.15) is 17.3 Å². The Bertz CT molecular complexity index is 2740. The molecular weight excluding hydrogens is 862 g/mol. The van der Waals surface area contributed by atoms with E-state index in [9.17, 15) is 5.11 Å². The van der Waals surface area contributed by atoms with Crippen molar-refractivity contribution < 1.29 is 30.9 Å². The number of aromatic nitrogens is 3. The molecule has 5 nitrogen and oxygen atoms in total. The number of phenols is 1. The molecule has 1 aliphatic rings. The van der Waals surface area contributed by atoms with Crippen LogP contribution in [-0.4, -0.2) is 27.7 Å². The molecular formula is C47H40N3O2PtSi-. The average Bonchev–Trinajstić information content (AvgIpc) is 3.54. The van der Waals surface area contributed by atoms with Crippen molar-refractivity contribution in [3.05, 3.63) is 139 Å². The van der Waals surface area contributed by atoms with Crippen LogP contribution in [0.4, 0.5) is 0 Å². The first-order valence-electron chi connectivity index (χ1n) is 18.1. The van der Waals surface area contributed by atoms with Crippen molar-refractivity contribution in [3.8, 4) is 67.8 Å². The van der Waals surface area contributed by atoms with Crippen LogP contribution in [-0.2, 0) is 26.5 Å². The molecule has 1 N–H and O–H groups in total. The number of fused-ring (bicyclic) bond motifs is 3. The predicted octanol–water partition coefficient (Wildman–Crippen LogP) is 11.7. The van der Waals surface area contributed by atoms with Gasteiger partial charge in [0, 0.05) is 43.9 Å². The van der Waals surface area contributed by atoms with E-state index >= 15 is 0 Å². The number of phenolic OH excluding ortho intramolecular Hbond substituents is 1. The van der Waals surface area contributed by atoms with E-state index in [2.05, 4.69) is 148 Å². The number of para-hydroxylation sites is 2. The van der Waals surface area contributed by atoms with Crippen LogP contribution < -0.4 is 9.92 Å². The SMILES string of the molecule is CC(C)(C)c1ccc(O)c(-c2nc3c(-c4[c-]c5c(cc4)Oc4cc([Si](C)(C)C)cc6ccnc-5c46)cccc3n2-c2ccccc2-c2ccccc2)c1.[Pt]. The fraction of sp³-hybridized carbons (Fsp3) is 0.149. The second-order valence-corrected chi connectivity index (χ2v) is 21.1. The van der Waals surface area contributed by atoms with Crippen LogP contribution in [0.1, 0.15) is 26.3 Å². The Morgan fingerprint density at radius 3 is 2.28 bits per heavy atom. The molecule has 0 amide bonds. The second kappa shape index (κ2) is 13.2. The van der Waals surface area contributed by atoms with Crippen molar-refractivity contribution in [3.63, 3.8) is 0 Å². The molecule has 0 spiro atoms. The number of rotatable bonds is 5. The maximum Gasteiger partial charge on any atom is 0.148 e. The normalized spacial score (nSPS) is 12.3. The average molecular weight is 902 g/mol. The summed E-state index contributed by atoms with van der Waals surface area (Å²) in [7, 11) is -1.59. The summed E-state index contributed by atoms with van der Waals surface area (Å²) in [6, 6.07) is 45.4. The minimum absolute atomic E-state index is 0. The van der Waals surface area contributed by atoms with Gasteiger partial charge in [0.25, 0.3) is 0 Å². The molecule has 0 saturated carbocycles. The van der Waals surface area contributed by atoms with Crippen LogP contribution in [0.15, 0.2) is 128 Å². The van der Waals surface area contributed by atoms with E-state index in [0.717, 1.165) is 78.1 Å². The molecule has 0 aliphatic carbocycles. The van der Waals surface area contributed by atoms with Crippen LogP contribution in [0.5, 0.6) is 17.2 Å². The van der Waals surface area contributed by atoms with Crippen LogP contribution >= 0.6 is 0 Å². The quantitative estimate of drug-likeness (QED) is 0.138. The first kappa shape index (κ1) is 35.7. The summed E-state index contributed by atoms with van der Waals surface area (Å²) < 4.78 is 8.81. The molecule has 0 atom stereocenters. The van der Waals surface area contributed by atoms with Crippen molar-refractivity contribution in [1.82, 2.24) is 14.5 Å². The third-order valence-electron chi connectivity index (χ3n) is 10.4. The summed E-state index contributed by atoms with van der Waals surface area (Å²) in [6.45, 7) is 13.6. The standard InChI is InChI=1S/C47H40N3O2Si.Pt/c1-47(2,3)32-20-21-40(51)36(27-32)46-49-44-35(16-12-18-39(44)50(46)38-17-11-10-15-34(38)29-13-8-7-9-14-29)30-19-22-41-37(26-30)45-43-31(23-24-48-45)25-33(53(4,5)6)28-42(43)52-41;/h7-25,27-28,51H,1-6H3;/q-1;. The number of benzene rings is 6. The van der Waals surface area contributed by atoms with Gasteiger partial charge in [0.2, 0.25) is 0 Å². The van der Waals surface area contributed by atoms with Crippen molar-refractivity contribution in [2.75, 3.05) is 0 Å². The molecule has 3 heterocycles. The fourth-order valence-electron chi connectivity index (χ4n) is 7.45. The number of hydrogen-bond donors (Lipinski definition) is 1. The van der Waals surface area contributed by atoms with Crippen molar-refractivity contribution >= 4 is 35.1 Å². The van der Waals surface area contributed by atoms with E-state index in [4.69, 9.17) is 14.7 Å². The number of aromatic hydroxyl groups is 1. The predicted molar refractivity (Wildman–Crippen MR) is 220 cm³/mol. The van der Waals surface area contributed by atoms with Crippen LogP contribution in [0.25, 0.3) is 72.4 Å². The zero-order valence-electron chi connectivity index (χ0n) is 31.1. The minimum atomic E-state index is -1.59. The van der Waals surface area contributed by atoms with Crippen molar-refractivity contribution in [2.45, 2.75) is 45.8 Å². The number of hydrogen-bond acceptors (Lipinski definition) is 4. The van der Waals surface area contributed by atoms with Crippen LogP contribution in [0.2, 0.25) is 19.6 Å². The summed E-state index contributed by atoms with van der Waals surface area (Å²) in [5.74, 6) is 2.45. The molecule has 1 aliphatic heterocycles. The number of pyridine rings is 1. The van der Waals surface area contributed by atoms with E-state index in [1.165, 1.54) is 5.19 Å². The molecule has 6 aromatic carbocycles. The third kappa shape index (κ3) is 5.98. The molecule has 270 valence electrons. The van der Waals surface area contributed by atoms with E-state index in [1.54, 1.807) is 6.07 Å². The minimum Gasteiger partial charge on any atom is -0.507 e. The van der Waals surface area contributed by atoms with E-state index in [0.29, 0.717) is 11.4 Å². The molecule has 0 saturated heterocycles. The Morgan fingerprint density at radius 1 is 0.741 bits per heavy atom. The number of nitrogens with zero attached hydrogens (tertiary/aromatic N) is 3. The van der Waals surface area contributed by atoms with Crippen molar-refractivity contribution in [1.29, 1.82) is 0 Å². The van der Waals surface area contributed by atoms with Gasteiger partial charge >= 0.3 is 0 Å². The summed E-state index contributed by atoms with van der Waals surface area (Å²) in [5, 5.41) is 15.0. The van der Waals surface area contributed by atoms with E-state index in [1.807, 2.05) is 24.4 Å². The van der Waals surface area contributed by atoms with Gasteiger partial charge in [-0.3, -0.25) is 9.55 Å². The maximum absolute atomic E-state index is 11.5. The van der Waals surface area contributed by atoms with Gasteiger partial charge in [0.15, 0.2) is 0 Å². The summed E-state index contributed by atoms with van der Waals surface area (Å²) in [6.07, 6.45) is 1.89. The van der Waals surface area contributed by atoms with Gasteiger partial charge in [-0.25, -0.2) is 4.98 Å². The van der Waals surface area contributed by atoms with Gasteiger partial charge in [-0.2, -0.15) is 0 Å². The molecule has 54 heavy (non-hydrogen) atoms. The molecule has 2 aromatic heterocycles. The Hall–Kier alpha value is -5.29. The zero-order valence-corrected chi connectivity index (χ0v) is 34.4. The van der Waals surface area contributed by atoms with Gasteiger partial charge in [-0.15, -0.1) is 17.7 Å². The zero-order chi connectivity index (χ0) is 36.6. The smallest absolute Gasteiger partial charge is 0.148 e. The van der Waals surface area contributed by atoms with Crippen LogP contribution in [0, 0.1) is 6.07 Å². The Labute approximate surface area is 331 Å². The monoisotopic (exact) mass is 901 g/mol. The van der Waals surface area contributed by atoms with Gasteiger partial charge in [0.05, 0.1) is 36.1 Å². The second-order valence-electron chi connectivity index (χ2n) is 16.0. The first-order valence-corrected chi connectivity index (χ1v) is 21.6. The molecule has 0 fully saturated rings. The Morgan fingerprint density at radius 2 is 1.50 bits per heavy atom.